The second kappa shape index (κ2) is 6.47. The minimum Gasteiger partial charge on any atom is -0.543 e. The summed E-state index contributed by atoms with van der Waals surface area (Å²) in [4.78, 5) is 0. The van der Waals surface area contributed by atoms with E-state index in [1.807, 2.05) is 0 Å². The summed E-state index contributed by atoms with van der Waals surface area (Å²) in [6.45, 7) is 11.6. The fourth-order valence-corrected chi connectivity index (χ4v) is 4.88. The highest BCUT2D eigenvalue weighted by molar-refractivity contribution is 6.74. The summed E-state index contributed by atoms with van der Waals surface area (Å²) in [6.07, 6.45) is 3.84. The molecule has 2 saturated heterocycles. The molecule has 0 spiro atoms. The largest absolute Gasteiger partial charge is 0.543 e. The molecule has 134 valence electrons. The summed E-state index contributed by atoms with van der Waals surface area (Å²) in [5.74, 6) is 1.73. The highest BCUT2D eigenvalue weighted by Gasteiger charge is 2.48. The third-order valence-corrected chi connectivity index (χ3v) is 10.7. The first kappa shape index (κ1) is 18.0. The van der Waals surface area contributed by atoms with Crippen molar-refractivity contribution in [2.24, 2.45) is 11.8 Å². The van der Waals surface area contributed by atoms with Crippen molar-refractivity contribution in [1.82, 2.24) is 0 Å². The Bertz CT molecular complexity index is 578. The van der Waals surface area contributed by atoms with Gasteiger partial charge in [-0.1, -0.05) is 32.9 Å². The molecule has 0 amide bonds. The van der Waals surface area contributed by atoms with E-state index in [0.29, 0.717) is 17.9 Å². The highest BCUT2D eigenvalue weighted by Crippen LogP contribution is 2.45. The normalized spacial score (nSPS) is 29.9. The molecule has 1 aromatic carbocycles. The average molecular weight is 349 g/mol. The van der Waals surface area contributed by atoms with Crippen molar-refractivity contribution >= 4 is 8.32 Å². The number of aliphatic hydroxyl groups is 1. The lowest BCUT2D eigenvalue weighted by atomic mass is 9.76. The van der Waals surface area contributed by atoms with Crippen LogP contribution in [0.15, 0.2) is 24.3 Å². The monoisotopic (exact) mass is 348 g/mol. The Hall–Kier alpha value is -0.843. The Morgan fingerprint density at radius 3 is 2.46 bits per heavy atom. The van der Waals surface area contributed by atoms with Crippen LogP contribution in [-0.4, -0.2) is 32.2 Å². The first-order valence-corrected chi connectivity index (χ1v) is 12.2. The van der Waals surface area contributed by atoms with Gasteiger partial charge in [0, 0.05) is 12.5 Å². The second-order valence-corrected chi connectivity index (χ2v) is 13.7. The molecular weight excluding hydrogens is 316 g/mol. The zero-order valence-electron chi connectivity index (χ0n) is 15.7. The van der Waals surface area contributed by atoms with E-state index >= 15 is 0 Å². The van der Waals surface area contributed by atoms with Crippen LogP contribution >= 0.6 is 0 Å². The summed E-state index contributed by atoms with van der Waals surface area (Å²) in [5, 5.41) is 9.93. The number of fused-ring (bicyclic) bond motifs is 2. The second-order valence-electron chi connectivity index (χ2n) is 9.01. The molecule has 3 rings (SSSR count). The van der Waals surface area contributed by atoms with Crippen molar-refractivity contribution in [1.29, 1.82) is 0 Å². The average Bonchev–Trinajstić information content (AvgIpc) is 3.07. The summed E-state index contributed by atoms with van der Waals surface area (Å²) in [7, 11) is -1.81. The fraction of sp³-hybridized carbons (Fsp3) is 0.700. The Morgan fingerprint density at radius 1 is 1.17 bits per heavy atom. The van der Waals surface area contributed by atoms with E-state index in [2.05, 4.69) is 58.1 Å². The van der Waals surface area contributed by atoms with Crippen molar-refractivity contribution < 1.29 is 14.3 Å². The van der Waals surface area contributed by atoms with Gasteiger partial charge in [0.25, 0.3) is 0 Å². The molecule has 0 aliphatic carbocycles. The maximum Gasteiger partial charge on any atom is 0.250 e. The summed E-state index contributed by atoms with van der Waals surface area (Å²) >= 11 is 0. The van der Waals surface area contributed by atoms with Crippen LogP contribution in [0.25, 0.3) is 0 Å². The smallest absolute Gasteiger partial charge is 0.250 e. The zero-order chi connectivity index (χ0) is 17.5. The van der Waals surface area contributed by atoms with E-state index < -0.39 is 8.32 Å². The number of rotatable bonds is 5. The first-order valence-electron chi connectivity index (χ1n) is 9.25. The first-order chi connectivity index (χ1) is 11.2. The molecule has 1 N–H and O–H groups in total. The van der Waals surface area contributed by atoms with Crippen LogP contribution in [-0.2, 0) is 11.2 Å². The lowest BCUT2D eigenvalue weighted by Gasteiger charge is -2.36. The van der Waals surface area contributed by atoms with E-state index in [-0.39, 0.29) is 17.7 Å². The van der Waals surface area contributed by atoms with Gasteiger partial charge in [-0.15, -0.1) is 0 Å². The maximum atomic E-state index is 9.73. The zero-order valence-corrected chi connectivity index (χ0v) is 16.7. The van der Waals surface area contributed by atoms with Crippen LogP contribution in [0.3, 0.4) is 0 Å². The van der Waals surface area contributed by atoms with Gasteiger partial charge in [0.1, 0.15) is 5.75 Å². The van der Waals surface area contributed by atoms with E-state index in [1.54, 1.807) is 0 Å². The van der Waals surface area contributed by atoms with Crippen LogP contribution in [0.1, 0.15) is 39.2 Å². The van der Waals surface area contributed by atoms with Crippen LogP contribution in [0.2, 0.25) is 18.1 Å². The third kappa shape index (κ3) is 3.42. The van der Waals surface area contributed by atoms with Gasteiger partial charge < -0.3 is 14.3 Å². The molecule has 0 aromatic heterocycles. The Labute approximate surface area is 147 Å². The van der Waals surface area contributed by atoms with Crippen molar-refractivity contribution in [3.63, 3.8) is 0 Å². The standard InChI is InChI=1S/C20H32O3Si/c1-20(2,3)24(4,5)23-15-8-6-7-14(11-15)12-16-17(13-21)19-10-9-18(16)22-19/h6-8,11,16-19,21H,9-10,12-13H2,1-5H3/t16-,17+,18-,19+/m0/s1. The van der Waals surface area contributed by atoms with Crippen molar-refractivity contribution in [2.75, 3.05) is 6.61 Å². The minimum atomic E-state index is -1.81. The molecule has 4 atom stereocenters. The molecule has 0 radical (unpaired) electrons. The van der Waals surface area contributed by atoms with E-state index in [1.165, 1.54) is 5.56 Å². The molecule has 3 nitrogen and oxygen atoms in total. The molecule has 2 aliphatic heterocycles. The van der Waals surface area contributed by atoms with Crippen molar-refractivity contribution in [2.45, 2.75) is 70.4 Å². The molecular formula is C20H32O3Si. The fourth-order valence-electron chi connectivity index (χ4n) is 3.86. The molecule has 2 aliphatic rings. The SMILES string of the molecule is CC(C)(C)[Si](C)(C)Oc1cccc(C[C@H]2[C@@H](CO)[C@H]3CC[C@@H]2O3)c1. The third-order valence-electron chi connectivity index (χ3n) is 6.35. The van der Waals surface area contributed by atoms with Gasteiger partial charge in [-0.3, -0.25) is 0 Å². The Kier molecular flexibility index (Phi) is 4.84. The van der Waals surface area contributed by atoms with Crippen LogP contribution < -0.4 is 4.43 Å². The van der Waals surface area contributed by atoms with Crippen LogP contribution in [0.4, 0.5) is 0 Å². The topological polar surface area (TPSA) is 38.7 Å². The van der Waals surface area contributed by atoms with E-state index in [9.17, 15) is 5.11 Å². The summed E-state index contributed by atoms with van der Waals surface area (Å²) in [6, 6.07) is 8.55. The predicted octanol–water partition coefficient (Wildman–Crippen LogP) is 4.40. The molecule has 0 unspecified atom stereocenters. The lowest BCUT2D eigenvalue weighted by molar-refractivity contribution is 0.0786. The lowest BCUT2D eigenvalue weighted by Crippen LogP contribution is -2.43. The number of hydrogen-bond donors (Lipinski definition) is 1. The minimum absolute atomic E-state index is 0.198. The molecule has 24 heavy (non-hydrogen) atoms. The van der Waals surface area contributed by atoms with Crippen molar-refractivity contribution in [3.05, 3.63) is 29.8 Å². The molecule has 1 aromatic rings. The number of ether oxygens (including phenoxy) is 1. The quantitative estimate of drug-likeness (QED) is 0.802. The summed E-state index contributed by atoms with van der Waals surface area (Å²) in [5.41, 5.74) is 1.30. The summed E-state index contributed by atoms with van der Waals surface area (Å²) < 4.78 is 12.5. The van der Waals surface area contributed by atoms with E-state index in [0.717, 1.165) is 25.0 Å². The van der Waals surface area contributed by atoms with Gasteiger partial charge in [0.15, 0.2) is 0 Å². The molecule has 2 fully saturated rings. The van der Waals surface area contributed by atoms with Gasteiger partial charge in [0.2, 0.25) is 8.32 Å². The van der Waals surface area contributed by atoms with Crippen molar-refractivity contribution in [3.8, 4) is 5.75 Å². The maximum absolute atomic E-state index is 9.73. The molecule has 4 heteroatoms. The molecule has 0 saturated carbocycles. The van der Waals surface area contributed by atoms with Crippen LogP contribution in [0, 0.1) is 11.8 Å². The number of hydrogen-bond acceptors (Lipinski definition) is 3. The number of benzene rings is 1. The van der Waals surface area contributed by atoms with Gasteiger partial charge in [0.05, 0.1) is 12.2 Å². The Balaban J connectivity index is 1.72. The molecule has 2 heterocycles. The molecule has 2 bridgehead atoms. The van der Waals surface area contributed by atoms with Crippen LogP contribution in [0.5, 0.6) is 5.75 Å². The van der Waals surface area contributed by atoms with Gasteiger partial charge in [-0.2, -0.15) is 0 Å². The Morgan fingerprint density at radius 2 is 1.83 bits per heavy atom. The highest BCUT2D eigenvalue weighted by atomic mass is 28.4. The van der Waals surface area contributed by atoms with E-state index in [4.69, 9.17) is 9.16 Å². The van der Waals surface area contributed by atoms with Gasteiger partial charge in [-0.05, 0) is 61.0 Å². The number of aliphatic hydroxyl groups excluding tert-OH is 1. The van der Waals surface area contributed by atoms with Gasteiger partial charge >= 0.3 is 0 Å². The predicted molar refractivity (Wildman–Crippen MR) is 99.9 cm³/mol. The van der Waals surface area contributed by atoms with Gasteiger partial charge in [-0.25, -0.2) is 0 Å².